The number of halogens is 1. The summed E-state index contributed by atoms with van der Waals surface area (Å²) in [7, 11) is 0. The van der Waals surface area contributed by atoms with Crippen LogP contribution in [0.1, 0.15) is 113 Å². The largest absolute Gasteiger partial charge is 0.390 e. The lowest BCUT2D eigenvalue weighted by Gasteiger charge is -2.56. The van der Waals surface area contributed by atoms with Gasteiger partial charge in [0, 0.05) is 11.2 Å². The molecule has 4 fully saturated rings. The zero-order valence-electron chi connectivity index (χ0n) is 25.2. The molecule has 0 aromatic heterocycles. The topological polar surface area (TPSA) is 118 Å². The molecule has 0 unspecified atom stereocenters. The van der Waals surface area contributed by atoms with Crippen molar-refractivity contribution in [1.82, 2.24) is 0 Å². The Hall–Kier alpha value is 0.160. The number of hydrogen-bond donors (Lipinski definition) is 4. The lowest BCUT2D eigenvalue weighted by molar-refractivity contribution is -0.301. The minimum atomic E-state index is -1.22. The zero-order valence-corrected chi connectivity index (χ0v) is 26.8. The summed E-state index contributed by atoms with van der Waals surface area (Å²) in [5.74, 6) is 0. The predicted octanol–water partition coefficient (Wildman–Crippen LogP) is 4.15. The van der Waals surface area contributed by atoms with Crippen molar-refractivity contribution in [2.75, 3.05) is 0 Å². The van der Waals surface area contributed by atoms with Crippen LogP contribution < -0.4 is 0 Å². The van der Waals surface area contributed by atoms with Crippen LogP contribution in [-0.4, -0.2) is 95.5 Å². The standard InChI is InChI=1S/C30H53BrO8/c1-25(2,34)24-18(32)17-30(8,38-24)20(33)12-14-27(5,35)21-9-10-22-28(6,37-21)16-13-23(36-22)29(7)15-11-19(31)26(3,4)39-29/h18-24,32-35H,9-17H2,1-8H3/t18-,19+,20-,21+,22+,23+,24+,27-,28-,29-,30+/m0/s1. The normalized spacial score (nSPS) is 47.3. The second kappa shape index (κ2) is 10.7. The van der Waals surface area contributed by atoms with Crippen molar-refractivity contribution in [3.63, 3.8) is 0 Å². The van der Waals surface area contributed by atoms with Crippen LogP contribution in [-0.2, 0) is 18.9 Å². The van der Waals surface area contributed by atoms with Gasteiger partial charge in [0.15, 0.2) is 0 Å². The van der Waals surface area contributed by atoms with Crippen LogP contribution in [0, 0.1) is 0 Å². The van der Waals surface area contributed by atoms with Gasteiger partial charge < -0.3 is 39.4 Å². The number of fused-ring (bicyclic) bond motifs is 1. The summed E-state index contributed by atoms with van der Waals surface area (Å²) in [4.78, 5) is 0.322. The van der Waals surface area contributed by atoms with Gasteiger partial charge in [-0.1, -0.05) is 15.9 Å². The summed E-state index contributed by atoms with van der Waals surface area (Å²) in [5, 5.41) is 43.3. The average Bonchev–Trinajstić information content (AvgIpc) is 3.14. The minimum absolute atomic E-state index is 0.000822. The highest BCUT2D eigenvalue weighted by atomic mass is 79.9. The van der Waals surface area contributed by atoms with E-state index in [0.717, 1.165) is 32.1 Å². The van der Waals surface area contributed by atoms with Crippen molar-refractivity contribution in [1.29, 1.82) is 0 Å². The molecule has 4 aliphatic rings. The van der Waals surface area contributed by atoms with Gasteiger partial charge in [0.2, 0.25) is 0 Å². The van der Waals surface area contributed by atoms with Crippen molar-refractivity contribution >= 4 is 15.9 Å². The fourth-order valence-corrected chi connectivity index (χ4v) is 7.76. The van der Waals surface area contributed by atoms with E-state index in [4.69, 9.17) is 18.9 Å². The molecule has 8 nitrogen and oxygen atoms in total. The highest BCUT2D eigenvalue weighted by molar-refractivity contribution is 9.09. The van der Waals surface area contributed by atoms with E-state index in [2.05, 4.69) is 43.6 Å². The zero-order chi connectivity index (χ0) is 29.2. The van der Waals surface area contributed by atoms with Gasteiger partial charge in [0.1, 0.15) is 6.10 Å². The second-order valence-electron chi connectivity index (χ2n) is 14.9. The molecule has 228 valence electrons. The van der Waals surface area contributed by atoms with Crippen LogP contribution in [0.3, 0.4) is 0 Å². The van der Waals surface area contributed by atoms with Gasteiger partial charge in [-0.05, 0) is 107 Å². The number of alkyl halides is 1. The average molecular weight is 622 g/mol. The quantitative estimate of drug-likeness (QED) is 0.314. The van der Waals surface area contributed by atoms with Crippen LogP contribution in [0.4, 0.5) is 0 Å². The molecule has 39 heavy (non-hydrogen) atoms. The maximum atomic E-state index is 11.5. The highest BCUT2D eigenvalue weighted by Gasteiger charge is 2.56. The molecule has 4 aliphatic heterocycles. The number of rotatable bonds is 7. The molecule has 0 spiro atoms. The molecule has 0 radical (unpaired) electrons. The molecule has 0 amide bonds. The summed E-state index contributed by atoms with van der Waals surface area (Å²) in [5.41, 5.74) is -4.48. The van der Waals surface area contributed by atoms with E-state index in [1.807, 2.05) is 0 Å². The van der Waals surface area contributed by atoms with E-state index in [-0.39, 0.29) is 42.4 Å². The fourth-order valence-electron chi connectivity index (χ4n) is 7.44. The molecule has 0 aliphatic carbocycles. The van der Waals surface area contributed by atoms with Crippen LogP contribution >= 0.6 is 15.9 Å². The van der Waals surface area contributed by atoms with E-state index in [9.17, 15) is 20.4 Å². The molecule has 11 atom stereocenters. The third-order valence-electron chi connectivity index (χ3n) is 10.2. The first-order valence-electron chi connectivity index (χ1n) is 14.9. The first-order chi connectivity index (χ1) is 17.7. The maximum Gasteiger partial charge on any atom is 0.112 e. The molecule has 9 heteroatoms. The summed E-state index contributed by atoms with van der Waals surface area (Å²) >= 11 is 3.78. The molecule has 4 rings (SSSR count). The van der Waals surface area contributed by atoms with E-state index >= 15 is 0 Å². The number of ether oxygens (including phenoxy) is 4. The molecule has 0 aromatic rings. The van der Waals surface area contributed by atoms with Crippen molar-refractivity contribution in [2.45, 2.75) is 188 Å². The van der Waals surface area contributed by atoms with Crippen molar-refractivity contribution in [2.24, 2.45) is 0 Å². The Morgan fingerprint density at radius 2 is 1.51 bits per heavy atom. The Morgan fingerprint density at radius 1 is 0.897 bits per heavy atom. The number of aliphatic hydroxyl groups is 4. The Morgan fingerprint density at radius 3 is 2.10 bits per heavy atom. The summed E-state index contributed by atoms with van der Waals surface area (Å²) in [6.07, 6.45) is 2.93. The molecule has 4 N–H and O–H groups in total. The fraction of sp³-hybridized carbons (Fsp3) is 1.00. The SMILES string of the molecule is CC(C)(O)[C@@H]1O[C@@](C)([C@@H](O)CC[C@](C)(O)[C@H]2CC[C@H]3O[C@@H]([C@]4(C)CC[C@@H](Br)C(C)(C)O4)CC[C@]3(C)O2)C[C@@H]1O. The van der Waals surface area contributed by atoms with Gasteiger partial charge in [-0.3, -0.25) is 0 Å². The second-order valence-corrected chi connectivity index (χ2v) is 16.0. The summed E-state index contributed by atoms with van der Waals surface area (Å²) in [6.45, 7) is 15.3. The molecule has 0 saturated carbocycles. The van der Waals surface area contributed by atoms with Gasteiger partial charge >= 0.3 is 0 Å². The first-order valence-corrected chi connectivity index (χ1v) is 15.8. The van der Waals surface area contributed by atoms with E-state index in [0.29, 0.717) is 17.7 Å². The lowest BCUT2D eigenvalue weighted by Crippen LogP contribution is -2.63. The van der Waals surface area contributed by atoms with E-state index in [1.165, 1.54) is 0 Å². The van der Waals surface area contributed by atoms with Gasteiger partial charge in [0.05, 0.1) is 64.1 Å². The summed E-state index contributed by atoms with van der Waals surface area (Å²) in [6, 6.07) is 0. The van der Waals surface area contributed by atoms with Gasteiger partial charge in [-0.2, -0.15) is 0 Å². The third-order valence-corrected chi connectivity index (χ3v) is 11.8. The molecule has 0 bridgehead atoms. The third kappa shape index (κ3) is 6.42. The lowest BCUT2D eigenvalue weighted by atomic mass is 9.75. The van der Waals surface area contributed by atoms with Gasteiger partial charge in [-0.25, -0.2) is 0 Å². The van der Waals surface area contributed by atoms with Crippen LogP contribution in [0.15, 0.2) is 0 Å². The Kier molecular flexibility index (Phi) is 8.81. The molecular weight excluding hydrogens is 568 g/mol. The van der Waals surface area contributed by atoms with E-state index < -0.39 is 40.7 Å². The van der Waals surface area contributed by atoms with Crippen LogP contribution in [0.25, 0.3) is 0 Å². The number of aliphatic hydroxyl groups excluding tert-OH is 2. The predicted molar refractivity (Wildman–Crippen MR) is 152 cm³/mol. The smallest absolute Gasteiger partial charge is 0.112 e. The molecule has 4 saturated heterocycles. The monoisotopic (exact) mass is 620 g/mol. The van der Waals surface area contributed by atoms with Gasteiger partial charge in [0.25, 0.3) is 0 Å². The first kappa shape index (κ1) is 32.1. The molecule has 4 heterocycles. The minimum Gasteiger partial charge on any atom is -0.390 e. The maximum absolute atomic E-state index is 11.5. The van der Waals surface area contributed by atoms with Crippen molar-refractivity contribution in [3.8, 4) is 0 Å². The van der Waals surface area contributed by atoms with Gasteiger partial charge in [-0.15, -0.1) is 0 Å². The van der Waals surface area contributed by atoms with Crippen molar-refractivity contribution in [3.05, 3.63) is 0 Å². The Balaban J connectivity index is 1.34. The van der Waals surface area contributed by atoms with Crippen LogP contribution in [0.2, 0.25) is 0 Å². The summed E-state index contributed by atoms with van der Waals surface area (Å²) < 4.78 is 25.9. The van der Waals surface area contributed by atoms with Crippen molar-refractivity contribution < 1.29 is 39.4 Å². The highest BCUT2D eigenvalue weighted by Crippen LogP contribution is 2.49. The van der Waals surface area contributed by atoms with E-state index in [1.54, 1.807) is 27.7 Å². The van der Waals surface area contributed by atoms with Crippen LogP contribution in [0.5, 0.6) is 0 Å². The Bertz CT molecular complexity index is 876. The number of hydrogen-bond acceptors (Lipinski definition) is 8. The molecule has 0 aromatic carbocycles. The Labute approximate surface area is 243 Å². The molecular formula is C30H53BrO8.